The van der Waals surface area contributed by atoms with E-state index >= 15 is 0 Å². The van der Waals surface area contributed by atoms with Gasteiger partial charge in [-0.25, -0.2) is 34.9 Å². The molecule has 27 heteroatoms. The van der Waals surface area contributed by atoms with Gasteiger partial charge in [-0.15, -0.1) is 68.0 Å². The fourth-order valence-electron chi connectivity index (χ4n) is 8.75. The Balaban J connectivity index is 1.11. The highest BCUT2D eigenvalue weighted by Crippen LogP contribution is 2.41. The van der Waals surface area contributed by atoms with Crippen LogP contribution in [-0.4, -0.2) is 101 Å². The van der Waals surface area contributed by atoms with E-state index in [0.29, 0.717) is 98.9 Å². The Labute approximate surface area is 494 Å². The number of ketones is 1. The van der Waals surface area contributed by atoms with E-state index in [1.807, 2.05) is 25.3 Å². The zero-order valence-electron chi connectivity index (χ0n) is 44.9. The minimum absolute atomic E-state index is 0.0306. The Morgan fingerprint density at radius 1 is 0.756 bits per heavy atom. The zero-order valence-corrected chi connectivity index (χ0v) is 49.8. The number of fused-ring (bicyclic) bond motifs is 14. The lowest BCUT2D eigenvalue weighted by molar-refractivity contribution is -0.137. The van der Waals surface area contributed by atoms with Gasteiger partial charge in [0.15, 0.2) is 5.78 Å². The van der Waals surface area contributed by atoms with E-state index in [1.54, 1.807) is 66.6 Å². The summed E-state index contributed by atoms with van der Waals surface area (Å²) in [6.45, 7) is 9.97. The van der Waals surface area contributed by atoms with Gasteiger partial charge in [-0.05, 0) is 43.4 Å². The third-order valence-electron chi connectivity index (χ3n) is 13.0. The highest BCUT2D eigenvalue weighted by molar-refractivity contribution is 7.15. The maximum Gasteiger partial charge on any atom is 0.303 e. The molecule has 426 valence electrons. The first-order chi connectivity index (χ1) is 39.5. The minimum Gasteiger partial charge on any atom is -0.481 e. The van der Waals surface area contributed by atoms with Gasteiger partial charge in [-0.1, -0.05) is 50.8 Å². The molecule has 82 heavy (non-hydrogen) atoms. The summed E-state index contributed by atoms with van der Waals surface area (Å²) in [5.41, 5.74) is 3.90. The fraction of sp³-hybridized carbons (Fsp3) is 0.327. The largest absolute Gasteiger partial charge is 0.481 e. The number of carbonyl (C=O) groups is 6. The fourth-order valence-corrected chi connectivity index (χ4v) is 14.3. The van der Waals surface area contributed by atoms with E-state index in [9.17, 15) is 33.9 Å². The number of hydrogen-bond donors (Lipinski definition) is 7. The summed E-state index contributed by atoms with van der Waals surface area (Å²) in [7, 11) is 3.06. The topological polar surface area (TPSA) is 302 Å². The predicted octanol–water partition coefficient (Wildman–Crippen LogP) is 9.61. The summed E-state index contributed by atoms with van der Waals surface area (Å²) >= 11 is 7.57. The maximum atomic E-state index is 14.4. The van der Waals surface area contributed by atoms with Crippen LogP contribution in [0.1, 0.15) is 133 Å². The van der Waals surface area contributed by atoms with Gasteiger partial charge in [0, 0.05) is 71.3 Å². The molecule has 1 aliphatic rings. The molecule has 0 saturated heterocycles. The summed E-state index contributed by atoms with van der Waals surface area (Å²) in [6.07, 6.45) is -0.483. The Bertz CT molecular complexity index is 3660. The number of benzene rings is 1. The SMILES string of the molecule is C=C1NCC(=O)N[C@@H]([C@@H](O)c2ccccc2)c2nc(cs2)-c2nc(cs2)-c2nc(-c3nc(NC(=O)CCCCC(=O)O)cs3)ccc2-c2nc(cs2)C(=O)N[C@@H](CC(=O)NC)c2nc(c(C)s2)C(=O)C[C@H](C(C)C)c2nc1c(COC)s2. The molecular formula is C55H56N12O9S6. The molecule has 0 spiro atoms. The van der Waals surface area contributed by atoms with Crippen molar-refractivity contribution in [2.75, 3.05) is 26.0 Å². The van der Waals surface area contributed by atoms with Gasteiger partial charge in [0.1, 0.15) is 77.2 Å². The number of Topliss-reactive ketones (excluding diaryl/α,β-unsaturated/α-hetero) is 1. The van der Waals surface area contributed by atoms with Gasteiger partial charge in [0.25, 0.3) is 5.91 Å². The number of amides is 4. The number of aliphatic hydroxyl groups is 1. The number of aromatic nitrogens is 7. The summed E-state index contributed by atoms with van der Waals surface area (Å²) in [5, 5.41) is 45.1. The second kappa shape index (κ2) is 26.7. The molecule has 10 bridgehead atoms. The van der Waals surface area contributed by atoms with Crippen LogP contribution in [0.25, 0.3) is 49.1 Å². The van der Waals surface area contributed by atoms with Crippen molar-refractivity contribution in [3.8, 4) is 43.4 Å². The Morgan fingerprint density at radius 3 is 2.22 bits per heavy atom. The Morgan fingerprint density at radius 2 is 1.46 bits per heavy atom. The van der Waals surface area contributed by atoms with Crippen molar-refractivity contribution in [2.45, 2.75) is 90.0 Å². The van der Waals surface area contributed by atoms with Crippen LogP contribution < -0.4 is 26.6 Å². The van der Waals surface area contributed by atoms with E-state index in [2.05, 4.69) is 38.1 Å². The Kier molecular flexibility index (Phi) is 19.3. The quantitative estimate of drug-likeness (QED) is 0.0498. The first kappa shape index (κ1) is 59.3. The lowest BCUT2D eigenvalue weighted by atomic mass is 9.90. The van der Waals surface area contributed by atoms with Crippen molar-refractivity contribution in [2.24, 2.45) is 5.92 Å². The van der Waals surface area contributed by atoms with Gasteiger partial charge in [0.2, 0.25) is 17.7 Å². The number of carbonyl (C=O) groups excluding carboxylic acids is 5. The molecule has 1 aliphatic heterocycles. The lowest BCUT2D eigenvalue weighted by Gasteiger charge is -2.23. The number of unbranched alkanes of at least 4 members (excludes halogenated alkanes) is 1. The molecule has 21 nitrogen and oxygen atoms in total. The molecular weight excluding hydrogens is 1170 g/mol. The van der Waals surface area contributed by atoms with Crippen LogP contribution in [0.4, 0.5) is 5.82 Å². The third-order valence-corrected chi connectivity index (χ3v) is 18.8. The number of rotatable bonds is 14. The number of thiazole rings is 6. The molecule has 4 atom stereocenters. The van der Waals surface area contributed by atoms with Gasteiger partial charge >= 0.3 is 5.97 Å². The number of nitrogens with one attached hydrogen (secondary N) is 5. The number of ether oxygens (including phenoxy) is 1. The van der Waals surface area contributed by atoms with Crippen LogP contribution in [0.3, 0.4) is 0 Å². The number of carboxylic acids is 1. The molecule has 0 saturated carbocycles. The van der Waals surface area contributed by atoms with Crippen LogP contribution in [0.5, 0.6) is 0 Å². The van der Waals surface area contributed by atoms with Gasteiger partial charge < -0.3 is 41.5 Å². The van der Waals surface area contributed by atoms with E-state index in [4.69, 9.17) is 39.7 Å². The maximum absolute atomic E-state index is 14.4. The van der Waals surface area contributed by atoms with Crippen LogP contribution >= 0.6 is 68.0 Å². The number of aryl methyl sites for hydroxylation is 1. The average Bonchev–Trinajstić information content (AvgIpc) is 4.39. The number of nitrogens with zero attached hydrogens (tertiary/aromatic N) is 7. The number of methoxy groups -OCH3 is 1. The molecule has 7 N–H and O–H groups in total. The number of aliphatic carboxylic acids is 1. The smallest absolute Gasteiger partial charge is 0.303 e. The zero-order chi connectivity index (χ0) is 58.2. The van der Waals surface area contributed by atoms with Crippen molar-refractivity contribution in [1.82, 2.24) is 56.2 Å². The number of carboxylic acid groups (broad SMARTS) is 1. The van der Waals surface area contributed by atoms with E-state index in [0.717, 1.165) is 4.88 Å². The predicted molar refractivity (Wildman–Crippen MR) is 318 cm³/mol. The van der Waals surface area contributed by atoms with Crippen molar-refractivity contribution in [3.63, 3.8) is 0 Å². The van der Waals surface area contributed by atoms with E-state index in [-0.39, 0.29) is 79.7 Å². The van der Waals surface area contributed by atoms with Crippen LogP contribution in [-0.2, 0) is 30.5 Å². The first-order valence-electron chi connectivity index (χ1n) is 25.8. The molecule has 0 radical (unpaired) electrons. The Hall–Kier alpha value is -7.37. The monoisotopic (exact) mass is 1220 g/mol. The lowest BCUT2D eigenvalue weighted by Crippen LogP contribution is -2.38. The molecule has 8 aromatic rings. The van der Waals surface area contributed by atoms with E-state index < -0.39 is 36.0 Å². The number of aliphatic hydroxyl groups excluding tert-OH is 1. The highest BCUT2D eigenvalue weighted by Gasteiger charge is 2.32. The molecule has 7 aromatic heterocycles. The van der Waals surface area contributed by atoms with Gasteiger partial charge in [0.05, 0.1) is 46.9 Å². The van der Waals surface area contributed by atoms with Crippen molar-refractivity contribution >= 4 is 115 Å². The first-order valence-corrected chi connectivity index (χ1v) is 30.9. The summed E-state index contributed by atoms with van der Waals surface area (Å²) in [5.74, 6) is -3.01. The highest BCUT2D eigenvalue weighted by atomic mass is 32.1. The number of anilines is 1. The van der Waals surface area contributed by atoms with Gasteiger partial charge in [-0.3, -0.25) is 28.8 Å². The number of hydrogen-bond acceptors (Lipinski definition) is 22. The molecule has 0 fully saturated rings. The summed E-state index contributed by atoms with van der Waals surface area (Å²) < 4.78 is 5.57. The summed E-state index contributed by atoms with van der Waals surface area (Å²) in [4.78, 5) is 115. The molecule has 0 unspecified atom stereocenters. The minimum atomic E-state index is -1.21. The van der Waals surface area contributed by atoms with Crippen LogP contribution in [0, 0.1) is 12.8 Å². The van der Waals surface area contributed by atoms with Crippen LogP contribution in [0.15, 0.2) is 70.6 Å². The standard InChI is InChI=1S/C55H56N12O9S6/c1-26(2)31-18-37(68)45-28(4)81-54(67-45)33(19-41(70)56-5)59-49(75)35-23-77-50(61-35)30-16-17-32(52-64-39(25-80-52)63-40(69)14-10-11-15-43(72)73)58-46(30)34-22-78-53(60-34)36-24-79-55(62-36)47(48(74)29-12-8-7-9-13-29)65-42(71)20-57-27(3)44-38(21-76-6)82-51(31)66-44/h7-9,12-13,16-17,22-26,31,33,47-48,57,74H,3,10-11,14-15,18-21H2,1-2,4-6H3,(H,56,70)(H,59,75)(H,63,69)(H,65,71)(H,72,73)/t31-,33+,47+,48+/m1/s1. The molecule has 9 rings (SSSR count). The van der Waals surface area contributed by atoms with Crippen LogP contribution in [0.2, 0.25) is 0 Å². The van der Waals surface area contributed by atoms with Crippen molar-refractivity contribution < 1.29 is 43.7 Å². The average molecular weight is 1220 g/mol. The summed E-state index contributed by atoms with van der Waals surface area (Å²) in [6, 6.07) is 10.6. The molecule has 1 aromatic carbocycles. The number of pyridine rings is 1. The molecule has 4 amide bonds. The molecule has 8 heterocycles. The van der Waals surface area contributed by atoms with E-state index in [1.165, 1.54) is 75.1 Å². The normalized spacial score (nSPS) is 16.5. The second-order valence-electron chi connectivity index (χ2n) is 19.3. The second-order valence-corrected chi connectivity index (χ2v) is 25.1. The third kappa shape index (κ3) is 14.1. The van der Waals surface area contributed by atoms with Crippen molar-refractivity contribution in [3.05, 3.63) is 118 Å². The van der Waals surface area contributed by atoms with Gasteiger partial charge in [-0.2, -0.15) is 0 Å². The molecule has 0 aliphatic carbocycles. The van der Waals surface area contributed by atoms with Crippen molar-refractivity contribution in [1.29, 1.82) is 0 Å².